The summed E-state index contributed by atoms with van der Waals surface area (Å²) in [6, 6.07) is 10.2. The van der Waals surface area contributed by atoms with Gasteiger partial charge in [0.1, 0.15) is 0 Å². The highest BCUT2D eigenvalue weighted by Crippen LogP contribution is 2.03. The number of nitrogens with one attached hydrogen (secondary N) is 1. The molecule has 94 valence electrons. The molecule has 17 heavy (non-hydrogen) atoms. The van der Waals surface area contributed by atoms with Crippen LogP contribution in [0.3, 0.4) is 0 Å². The molecular formula is C15H23NO. The molecule has 0 saturated heterocycles. The van der Waals surface area contributed by atoms with Gasteiger partial charge in [-0.1, -0.05) is 36.9 Å². The van der Waals surface area contributed by atoms with Crippen molar-refractivity contribution >= 4 is 0 Å². The van der Waals surface area contributed by atoms with Crippen LogP contribution >= 0.6 is 0 Å². The summed E-state index contributed by atoms with van der Waals surface area (Å²) in [5.41, 5.74) is 2.41. The molecule has 0 aliphatic carbocycles. The second kappa shape index (κ2) is 6.58. The van der Waals surface area contributed by atoms with Crippen LogP contribution in [0, 0.1) is 0 Å². The van der Waals surface area contributed by atoms with Gasteiger partial charge in [-0.3, -0.25) is 0 Å². The van der Waals surface area contributed by atoms with Crippen molar-refractivity contribution in [3.05, 3.63) is 48.0 Å². The zero-order chi connectivity index (χ0) is 12.7. The minimum atomic E-state index is 0.127. The molecule has 0 aliphatic heterocycles. The first-order chi connectivity index (χ1) is 7.97. The average Bonchev–Trinajstić information content (AvgIpc) is 2.27. The SMILES string of the molecule is C=C(CNC(C)(C)C)COCc1ccccc1. The zero-order valence-corrected chi connectivity index (χ0v) is 11.1. The Labute approximate surface area is 105 Å². The average molecular weight is 233 g/mol. The maximum atomic E-state index is 5.61. The summed E-state index contributed by atoms with van der Waals surface area (Å²) in [6.45, 7) is 12.5. The van der Waals surface area contributed by atoms with E-state index < -0.39 is 0 Å². The van der Waals surface area contributed by atoms with Crippen molar-refractivity contribution in [3.63, 3.8) is 0 Å². The van der Waals surface area contributed by atoms with E-state index in [-0.39, 0.29) is 5.54 Å². The number of hydrogen-bond acceptors (Lipinski definition) is 2. The second-order valence-corrected chi connectivity index (χ2v) is 5.33. The number of benzene rings is 1. The third-order valence-electron chi connectivity index (χ3n) is 2.29. The molecule has 0 spiro atoms. The van der Waals surface area contributed by atoms with Crippen LogP contribution in [0.25, 0.3) is 0 Å². The van der Waals surface area contributed by atoms with E-state index in [4.69, 9.17) is 4.74 Å². The largest absolute Gasteiger partial charge is 0.372 e. The number of rotatable bonds is 6. The third kappa shape index (κ3) is 6.93. The Morgan fingerprint density at radius 3 is 2.47 bits per heavy atom. The Hall–Kier alpha value is -1.12. The van der Waals surface area contributed by atoms with Crippen molar-refractivity contribution in [1.29, 1.82) is 0 Å². The summed E-state index contributed by atoms with van der Waals surface area (Å²) in [6.07, 6.45) is 0. The number of ether oxygens (including phenoxy) is 1. The second-order valence-electron chi connectivity index (χ2n) is 5.33. The van der Waals surface area contributed by atoms with Crippen molar-refractivity contribution in [3.8, 4) is 0 Å². The molecule has 0 aromatic heterocycles. The van der Waals surface area contributed by atoms with E-state index in [1.807, 2.05) is 18.2 Å². The Kier molecular flexibility index (Phi) is 5.39. The van der Waals surface area contributed by atoms with Crippen LogP contribution in [0.15, 0.2) is 42.5 Å². The lowest BCUT2D eigenvalue weighted by molar-refractivity contribution is 0.140. The van der Waals surface area contributed by atoms with E-state index in [1.54, 1.807) is 0 Å². The minimum absolute atomic E-state index is 0.127. The quantitative estimate of drug-likeness (QED) is 0.762. The van der Waals surface area contributed by atoms with Crippen LogP contribution in [0.2, 0.25) is 0 Å². The summed E-state index contributed by atoms with van der Waals surface area (Å²) in [5, 5.41) is 3.39. The monoisotopic (exact) mass is 233 g/mol. The lowest BCUT2D eigenvalue weighted by Gasteiger charge is -2.21. The van der Waals surface area contributed by atoms with Gasteiger partial charge in [-0.05, 0) is 31.9 Å². The van der Waals surface area contributed by atoms with Crippen LogP contribution in [0.5, 0.6) is 0 Å². The Bertz CT molecular complexity index is 338. The molecule has 0 aliphatic rings. The molecule has 1 N–H and O–H groups in total. The van der Waals surface area contributed by atoms with Gasteiger partial charge in [0, 0.05) is 12.1 Å². The molecular weight excluding hydrogens is 210 g/mol. The van der Waals surface area contributed by atoms with E-state index in [9.17, 15) is 0 Å². The molecule has 1 aromatic carbocycles. The molecule has 0 fully saturated rings. The molecule has 0 radical (unpaired) electrons. The van der Waals surface area contributed by atoms with Gasteiger partial charge < -0.3 is 10.1 Å². The maximum Gasteiger partial charge on any atom is 0.0721 e. The van der Waals surface area contributed by atoms with Crippen LogP contribution < -0.4 is 5.32 Å². The smallest absolute Gasteiger partial charge is 0.0721 e. The van der Waals surface area contributed by atoms with Crippen molar-refractivity contribution in [2.75, 3.05) is 13.2 Å². The van der Waals surface area contributed by atoms with Gasteiger partial charge in [0.2, 0.25) is 0 Å². The molecule has 2 heteroatoms. The van der Waals surface area contributed by atoms with Gasteiger partial charge in [-0.25, -0.2) is 0 Å². The fraction of sp³-hybridized carbons (Fsp3) is 0.467. The predicted octanol–water partition coefficient (Wildman–Crippen LogP) is 3.15. The molecule has 1 aromatic rings. The Balaban J connectivity index is 2.17. The normalized spacial score (nSPS) is 11.5. The lowest BCUT2D eigenvalue weighted by atomic mass is 10.1. The molecule has 0 saturated carbocycles. The molecule has 0 bridgehead atoms. The lowest BCUT2D eigenvalue weighted by Crippen LogP contribution is -2.37. The van der Waals surface area contributed by atoms with Gasteiger partial charge in [0.05, 0.1) is 13.2 Å². The first-order valence-electron chi connectivity index (χ1n) is 6.01. The first kappa shape index (κ1) is 13.9. The van der Waals surface area contributed by atoms with Crippen LogP contribution in [-0.2, 0) is 11.3 Å². The van der Waals surface area contributed by atoms with Gasteiger partial charge in [-0.2, -0.15) is 0 Å². The van der Waals surface area contributed by atoms with Crippen LogP contribution in [-0.4, -0.2) is 18.7 Å². The first-order valence-corrected chi connectivity index (χ1v) is 6.01. The minimum Gasteiger partial charge on any atom is -0.372 e. The van der Waals surface area contributed by atoms with E-state index in [0.717, 1.165) is 12.1 Å². The fourth-order valence-corrected chi connectivity index (χ4v) is 1.33. The van der Waals surface area contributed by atoms with Crippen LogP contribution in [0.1, 0.15) is 26.3 Å². The highest BCUT2D eigenvalue weighted by atomic mass is 16.5. The summed E-state index contributed by atoms with van der Waals surface area (Å²) in [4.78, 5) is 0. The van der Waals surface area contributed by atoms with Crippen molar-refractivity contribution in [1.82, 2.24) is 5.32 Å². The van der Waals surface area contributed by atoms with Gasteiger partial charge in [0.15, 0.2) is 0 Å². The van der Waals surface area contributed by atoms with Gasteiger partial charge in [-0.15, -0.1) is 0 Å². The molecule has 0 unspecified atom stereocenters. The molecule has 0 amide bonds. The zero-order valence-electron chi connectivity index (χ0n) is 11.1. The molecule has 2 nitrogen and oxygen atoms in total. The summed E-state index contributed by atoms with van der Waals surface area (Å²) < 4.78 is 5.61. The van der Waals surface area contributed by atoms with E-state index >= 15 is 0 Å². The van der Waals surface area contributed by atoms with Crippen LogP contribution in [0.4, 0.5) is 0 Å². The summed E-state index contributed by atoms with van der Waals surface area (Å²) in [7, 11) is 0. The maximum absolute atomic E-state index is 5.61. The van der Waals surface area contributed by atoms with Gasteiger partial charge in [0.25, 0.3) is 0 Å². The van der Waals surface area contributed by atoms with Crippen molar-refractivity contribution < 1.29 is 4.74 Å². The highest BCUT2D eigenvalue weighted by Gasteiger charge is 2.08. The number of hydrogen-bond donors (Lipinski definition) is 1. The van der Waals surface area contributed by atoms with E-state index in [0.29, 0.717) is 13.2 Å². The highest BCUT2D eigenvalue weighted by molar-refractivity contribution is 5.13. The third-order valence-corrected chi connectivity index (χ3v) is 2.29. The predicted molar refractivity (Wildman–Crippen MR) is 73.0 cm³/mol. The summed E-state index contributed by atoms with van der Waals surface area (Å²) in [5.74, 6) is 0. The van der Waals surface area contributed by atoms with Gasteiger partial charge >= 0.3 is 0 Å². The van der Waals surface area contributed by atoms with Crippen molar-refractivity contribution in [2.24, 2.45) is 0 Å². The summed E-state index contributed by atoms with van der Waals surface area (Å²) >= 11 is 0. The Morgan fingerprint density at radius 2 is 1.88 bits per heavy atom. The Morgan fingerprint density at radius 1 is 1.24 bits per heavy atom. The molecule has 0 heterocycles. The fourth-order valence-electron chi connectivity index (χ4n) is 1.33. The molecule has 0 atom stereocenters. The standard InChI is InChI=1S/C15H23NO/c1-13(10-16-15(2,3)4)11-17-12-14-8-6-5-7-9-14/h5-9,16H,1,10-12H2,2-4H3. The van der Waals surface area contributed by atoms with E-state index in [2.05, 4.69) is 44.8 Å². The molecule has 1 rings (SSSR count). The van der Waals surface area contributed by atoms with Crippen molar-refractivity contribution in [2.45, 2.75) is 32.9 Å². The van der Waals surface area contributed by atoms with E-state index in [1.165, 1.54) is 5.56 Å². The topological polar surface area (TPSA) is 21.3 Å².